The van der Waals surface area contributed by atoms with Crippen LogP contribution in [0, 0.1) is 11.5 Å². The highest BCUT2D eigenvalue weighted by Gasteiger charge is 2.25. The van der Waals surface area contributed by atoms with Crippen LogP contribution in [0.1, 0.15) is 5.56 Å². The average molecular weight is 499 g/mol. The summed E-state index contributed by atoms with van der Waals surface area (Å²) >= 11 is 7.24. The van der Waals surface area contributed by atoms with Crippen LogP contribution in [0.2, 0.25) is 13.1 Å². The molecule has 0 atom stereocenters. The SMILES string of the molecule is C[Si](C)(C#Cc1ccc(N(c2ccccc2)c2ccccc2)cc1)C(Br)Br. The Hall–Kier alpha value is -1.80. The number of hydrogen-bond donors (Lipinski definition) is 0. The normalized spacial score (nSPS) is 11.0. The van der Waals surface area contributed by atoms with E-state index >= 15 is 0 Å². The Morgan fingerprint density at radius 3 is 1.59 bits per heavy atom. The Morgan fingerprint density at radius 2 is 1.15 bits per heavy atom. The van der Waals surface area contributed by atoms with Crippen LogP contribution in [-0.2, 0) is 0 Å². The highest BCUT2D eigenvalue weighted by Crippen LogP contribution is 2.34. The third kappa shape index (κ3) is 5.13. The molecule has 0 heterocycles. The first-order valence-electron chi connectivity index (χ1n) is 8.79. The second-order valence-corrected chi connectivity index (χ2v) is 15.8. The van der Waals surface area contributed by atoms with Gasteiger partial charge in [-0.2, -0.15) is 0 Å². The summed E-state index contributed by atoms with van der Waals surface area (Å²) in [5, 5.41) is 0. The molecule has 0 aromatic heterocycles. The van der Waals surface area contributed by atoms with Crippen molar-refractivity contribution in [2.24, 2.45) is 0 Å². The first-order valence-corrected chi connectivity index (χ1v) is 13.7. The molecule has 0 saturated carbocycles. The maximum atomic E-state index is 3.62. The Morgan fingerprint density at radius 1 is 0.704 bits per heavy atom. The molecular weight excluding hydrogens is 478 g/mol. The van der Waals surface area contributed by atoms with Gasteiger partial charge in [-0.15, -0.1) is 5.54 Å². The van der Waals surface area contributed by atoms with Gasteiger partial charge in [-0.05, 0) is 48.5 Å². The molecule has 3 rings (SSSR count). The number of para-hydroxylation sites is 2. The lowest BCUT2D eigenvalue weighted by atomic mass is 10.1. The van der Waals surface area contributed by atoms with Crippen LogP contribution in [-0.4, -0.2) is 11.4 Å². The quantitative estimate of drug-likeness (QED) is 0.205. The number of rotatable bonds is 4. The number of nitrogens with zero attached hydrogens (tertiary/aromatic N) is 1. The van der Waals surface area contributed by atoms with Crippen molar-refractivity contribution in [3.63, 3.8) is 0 Å². The van der Waals surface area contributed by atoms with E-state index in [1.807, 2.05) is 12.1 Å². The fourth-order valence-electron chi connectivity index (χ4n) is 2.58. The van der Waals surface area contributed by atoms with Crippen LogP contribution in [0.25, 0.3) is 0 Å². The molecule has 136 valence electrons. The minimum atomic E-state index is -1.64. The van der Waals surface area contributed by atoms with E-state index in [1.165, 1.54) is 0 Å². The second kappa shape index (κ2) is 8.92. The molecule has 0 saturated heterocycles. The van der Waals surface area contributed by atoms with E-state index in [2.05, 4.69) is 134 Å². The zero-order valence-electron chi connectivity index (χ0n) is 15.4. The van der Waals surface area contributed by atoms with Crippen molar-refractivity contribution >= 4 is 57.0 Å². The monoisotopic (exact) mass is 497 g/mol. The Kier molecular flexibility index (Phi) is 6.59. The van der Waals surface area contributed by atoms with Crippen molar-refractivity contribution in [2.45, 2.75) is 16.5 Å². The zero-order valence-corrected chi connectivity index (χ0v) is 19.5. The first kappa shape index (κ1) is 19.9. The van der Waals surface area contributed by atoms with Crippen LogP contribution in [0.5, 0.6) is 0 Å². The second-order valence-electron chi connectivity index (χ2n) is 6.83. The van der Waals surface area contributed by atoms with E-state index in [9.17, 15) is 0 Å². The predicted molar refractivity (Wildman–Crippen MR) is 127 cm³/mol. The van der Waals surface area contributed by atoms with E-state index < -0.39 is 8.07 Å². The standard InChI is InChI=1S/C23H21Br2NSi/c1-27(2,23(24)25)18-17-19-13-15-22(16-14-19)26(20-9-5-3-6-10-20)21-11-7-4-8-12-21/h3-16,23H,1-2H3. The topological polar surface area (TPSA) is 3.24 Å². The lowest BCUT2D eigenvalue weighted by Crippen LogP contribution is -2.32. The molecule has 0 aliphatic rings. The van der Waals surface area contributed by atoms with Crippen molar-refractivity contribution in [2.75, 3.05) is 4.90 Å². The zero-order chi connectivity index (χ0) is 19.3. The third-order valence-corrected chi connectivity index (χ3v) is 13.0. The van der Waals surface area contributed by atoms with E-state index in [0.29, 0.717) is 0 Å². The van der Waals surface area contributed by atoms with Crippen LogP contribution >= 0.6 is 31.9 Å². The fraction of sp³-hybridized carbons (Fsp3) is 0.130. The molecule has 0 fully saturated rings. The summed E-state index contributed by atoms with van der Waals surface area (Å²) in [6, 6.07) is 29.3. The summed E-state index contributed by atoms with van der Waals surface area (Å²) in [5.74, 6) is 3.35. The summed E-state index contributed by atoms with van der Waals surface area (Å²) in [6.07, 6.45) is 0. The molecule has 3 aromatic carbocycles. The van der Waals surface area contributed by atoms with Crippen molar-refractivity contribution in [1.82, 2.24) is 0 Å². The van der Waals surface area contributed by atoms with Crippen LogP contribution < -0.4 is 4.90 Å². The lowest BCUT2D eigenvalue weighted by molar-refractivity contribution is 1.28. The molecule has 27 heavy (non-hydrogen) atoms. The van der Waals surface area contributed by atoms with Crippen LogP contribution in [0.15, 0.2) is 84.9 Å². The molecule has 0 amide bonds. The molecule has 0 aliphatic carbocycles. The smallest absolute Gasteiger partial charge is 0.158 e. The van der Waals surface area contributed by atoms with Gasteiger partial charge in [-0.25, -0.2) is 0 Å². The summed E-state index contributed by atoms with van der Waals surface area (Å²) in [6.45, 7) is 4.49. The minimum absolute atomic E-state index is 0.288. The van der Waals surface area contributed by atoms with Gasteiger partial charge in [-0.1, -0.05) is 87.3 Å². The Balaban J connectivity index is 1.95. The van der Waals surface area contributed by atoms with E-state index in [0.717, 1.165) is 22.6 Å². The highest BCUT2D eigenvalue weighted by atomic mass is 79.9. The molecule has 0 unspecified atom stereocenters. The summed E-state index contributed by atoms with van der Waals surface area (Å²) in [4.78, 5) is 2.25. The molecule has 4 heteroatoms. The number of alkyl halides is 2. The summed E-state index contributed by atoms with van der Waals surface area (Å²) in [5.41, 5.74) is 7.90. The fourth-order valence-corrected chi connectivity index (χ4v) is 3.85. The van der Waals surface area contributed by atoms with Gasteiger partial charge < -0.3 is 4.90 Å². The third-order valence-electron chi connectivity index (χ3n) is 4.23. The largest absolute Gasteiger partial charge is 0.311 e. The van der Waals surface area contributed by atoms with Gasteiger partial charge in [-0.3, -0.25) is 0 Å². The maximum absolute atomic E-state index is 3.62. The Labute approximate surface area is 179 Å². The molecular formula is C23H21Br2NSi. The van der Waals surface area contributed by atoms with E-state index in [4.69, 9.17) is 0 Å². The maximum Gasteiger partial charge on any atom is 0.158 e. The average Bonchev–Trinajstić information content (AvgIpc) is 2.69. The number of benzene rings is 3. The van der Waals surface area contributed by atoms with Gasteiger partial charge in [0.2, 0.25) is 0 Å². The highest BCUT2D eigenvalue weighted by molar-refractivity contribution is 9.25. The van der Waals surface area contributed by atoms with Crippen molar-refractivity contribution < 1.29 is 0 Å². The van der Waals surface area contributed by atoms with Crippen molar-refractivity contribution in [1.29, 1.82) is 0 Å². The van der Waals surface area contributed by atoms with Gasteiger partial charge in [0.15, 0.2) is 8.07 Å². The number of halogens is 2. The van der Waals surface area contributed by atoms with Gasteiger partial charge >= 0.3 is 0 Å². The van der Waals surface area contributed by atoms with Crippen LogP contribution in [0.4, 0.5) is 17.1 Å². The lowest BCUT2D eigenvalue weighted by Gasteiger charge is -2.25. The number of hydrogen-bond acceptors (Lipinski definition) is 1. The minimum Gasteiger partial charge on any atom is -0.311 e. The summed E-state index contributed by atoms with van der Waals surface area (Å²) < 4.78 is 0.288. The summed E-state index contributed by atoms with van der Waals surface area (Å²) in [7, 11) is -1.64. The van der Waals surface area contributed by atoms with Crippen molar-refractivity contribution in [3.8, 4) is 11.5 Å². The van der Waals surface area contributed by atoms with Crippen molar-refractivity contribution in [3.05, 3.63) is 90.5 Å². The number of anilines is 3. The molecule has 0 spiro atoms. The van der Waals surface area contributed by atoms with Gasteiger partial charge in [0.05, 0.1) is 3.36 Å². The molecule has 0 radical (unpaired) electrons. The van der Waals surface area contributed by atoms with Gasteiger partial charge in [0, 0.05) is 22.6 Å². The molecule has 3 aromatic rings. The van der Waals surface area contributed by atoms with E-state index in [-0.39, 0.29) is 3.36 Å². The molecule has 0 N–H and O–H groups in total. The molecule has 0 bridgehead atoms. The van der Waals surface area contributed by atoms with Gasteiger partial charge in [0.25, 0.3) is 0 Å². The van der Waals surface area contributed by atoms with Gasteiger partial charge in [0.1, 0.15) is 0 Å². The predicted octanol–water partition coefficient (Wildman–Crippen LogP) is 7.41. The Bertz CT molecular complexity index is 887. The van der Waals surface area contributed by atoms with Crippen LogP contribution in [0.3, 0.4) is 0 Å². The molecule has 1 nitrogen and oxygen atoms in total. The first-order chi connectivity index (χ1) is 13.0. The van der Waals surface area contributed by atoms with E-state index in [1.54, 1.807) is 0 Å². The molecule has 0 aliphatic heterocycles.